The number of benzene rings is 3. The van der Waals surface area contributed by atoms with Crippen molar-refractivity contribution in [3.8, 4) is 22.8 Å². The Labute approximate surface area is 234 Å². The van der Waals surface area contributed by atoms with Crippen LogP contribution in [0.3, 0.4) is 0 Å². The number of halogens is 1. The van der Waals surface area contributed by atoms with Gasteiger partial charge < -0.3 is 14.8 Å². The van der Waals surface area contributed by atoms with E-state index in [1.807, 2.05) is 42.5 Å². The lowest BCUT2D eigenvalue weighted by atomic mass is 10.1. The van der Waals surface area contributed by atoms with Gasteiger partial charge >= 0.3 is 0 Å². The number of hydrogen-bond acceptors (Lipinski definition) is 8. The molecule has 1 N–H and O–H groups in total. The first kappa shape index (κ1) is 25.5. The molecule has 1 aromatic heterocycles. The minimum Gasteiger partial charge on any atom is -0.454 e. The van der Waals surface area contributed by atoms with Crippen LogP contribution < -0.4 is 19.1 Å². The summed E-state index contributed by atoms with van der Waals surface area (Å²) in [7, 11) is -3.94. The average Bonchev–Trinajstić information content (AvgIpc) is 3.42. The summed E-state index contributed by atoms with van der Waals surface area (Å²) in [6.45, 7) is 0.658. The molecule has 4 aromatic rings. The fraction of sp³-hybridized carbons (Fsp3) is 0.148. The van der Waals surface area contributed by atoms with Gasteiger partial charge in [-0.05, 0) is 41.5 Å². The molecule has 3 heterocycles. The van der Waals surface area contributed by atoms with Crippen molar-refractivity contribution in [2.24, 2.45) is 0 Å². The van der Waals surface area contributed by atoms with Gasteiger partial charge in [0.1, 0.15) is 4.90 Å². The van der Waals surface area contributed by atoms with Gasteiger partial charge in [-0.1, -0.05) is 59.8 Å². The molecular formula is C27H21ClN4O5S2. The van der Waals surface area contributed by atoms with E-state index in [4.69, 9.17) is 21.1 Å². The van der Waals surface area contributed by atoms with E-state index in [1.54, 1.807) is 24.3 Å². The molecule has 0 aliphatic carbocycles. The third kappa shape index (κ3) is 5.12. The molecule has 0 saturated carbocycles. The number of carbonyl (C=O) groups excluding carboxylic acids is 1. The highest BCUT2D eigenvalue weighted by Crippen LogP contribution is 2.44. The largest absolute Gasteiger partial charge is 0.454 e. The lowest BCUT2D eigenvalue weighted by Crippen LogP contribution is -2.34. The molecule has 0 fully saturated rings. The van der Waals surface area contributed by atoms with Gasteiger partial charge in [-0.2, -0.15) is 0 Å². The van der Waals surface area contributed by atoms with Crippen molar-refractivity contribution < 1.29 is 22.7 Å². The number of sulfonamides is 1. The number of anilines is 1. The van der Waals surface area contributed by atoms with Crippen LogP contribution in [-0.2, 0) is 27.9 Å². The minimum atomic E-state index is -3.94. The van der Waals surface area contributed by atoms with Crippen LogP contribution in [0.1, 0.15) is 11.1 Å². The van der Waals surface area contributed by atoms with Crippen LogP contribution in [-0.4, -0.2) is 36.8 Å². The van der Waals surface area contributed by atoms with E-state index in [0.717, 1.165) is 22.9 Å². The van der Waals surface area contributed by atoms with E-state index < -0.39 is 10.0 Å². The summed E-state index contributed by atoms with van der Waals surface area (Å²) in [6.07, 6.45) is 1.30. The normalized spacial score (nSPS) is 14.4. The second-order valence-corrected chi connectivity index (χ2v) is 12.0. The van der Waals surface area contributed by atoms with Gasteiger partial charge in [-0.25, -0.2) is 18.4 Å². The molecule has 0 bridgehead atoms. The van der Waals surface area contributed by atoms with Crippen LogP contribution >= 0.6 is 23.4 Å². The summed E-state index contributed by atoms with van der Waals surface area (Å²) in [5.41, 5.74) is 3.04. The zero-order valence-corrected chi connectivity index (χ0v) is 22.7. The van der Waals surface area contributed by atoms with E-state index in [2.05, 4.69) is 15.3 Å². The van der Waals surface area contributed by atoms with Crippen molar-refractivity contribution in [1.29, 1.82) is 0 Å². The Morgan fingerprint density at radius 1 is 1.03 bits per heavy atom. The molecule has 2 aliphatic heterocycles. The number of carbonyl (C=O) groups is 1. The molecule has 2 aliphatic rings. The second kappa shape index (κ2) is 10.4. The van der Waals surface area contributed by atoms with E-state index >= 15 is 0 Å². The highest BCUT2D eigenvalue weighted by molar-refractivity contribution is 7.99. The first-order valence-corrected chi connectivity index (χ1v) is 14.7. The lowest BCUT2D eigenvalue weighted by molar-refractivity contribution is -0.118. The number of fused-ring (bicyclic) bond motifs is 4. The summed E-state index contributed by atoms with van der Waals surface area (Å²) < 4.78 is 39.3. The Bertz CT molecular complexity index is 1690. The van der Waals surface area contributed by atoms with Crippen molar-refractivity contribution in [2.75, 3.05) is 16.9 Å². The van der Waals surface area contributed by atoms with Gasteiger partial charge in [-0.15, -0.1) is 0 Å². The van der Waals surface area contributed by atoms with E-state index in [0.29, 0.717) is 34.3 Å². The molecular weight excluding hydrogens is 560 g/mol. The van der Waals surface area contributed by atoms with E-state index in [1.165, 1.54) is 10.5 Å². The predicted molar refractivity (Wildman–Crippen MR) is 147 cm³/mol. The van der Waals surface area contributed by atoms with Crippen LogP contribution in [0, 0.1) is 0 Å². The van der Waals surface area contributed by atoms with Crippen LogP contribution in [0.4, 0.5) is 5.69 Å². The Morgan fingerprint density at radius 3 is 2.69 bits per heavy atom. The molecule has 9 nitrogen and oxygen atoms in total. The maximum absolute atomic E-state index is 13.6. The smallest absolute Gasteiger partial charge is 0.268 e. The van der Waals surface area contributed by atoms with Crippen molar-refractivity contribution >= 4 is 45.0 Å². The van der Waals surface area contributed by atoms with Crippen molar-refractivity contribution in [3.63, 3.8) is 0 Å². The summed E-state index contributed by atoms with van der Waals surface area (Å²) in [4.78, 5) is 21.3. The number of amides is 1. The maximum atomic E-state index is 13.6. The monoisotopic (exact) mass is 580 g/mol. The molecule has 0 radical (unpaired) electrons. The van der Waals surface area contributed by atoms with Gasteiger partial charge in [-0.3, -0.25) is 9.10 Å². The van der Waals surface area contributed by atoms with Gasteiger partial charge in [0.15, 0.2) is 16.7 Å². The number of hydrogen-bond donors (Lipinski definition) is 1. The molecule has 0 unspecified atom stereocenters. The fourth-order valence-corrected chi connectivity index (χ4v) is 6.70. The van der Waals surface area contributed by atoms with Crippen molar-refractivity contribution in [1.82, 2.24) is 15.3 Å². The zero-order valence-electron chi connectivity index (χ0n) is 20.3. The maximum Gasteiger partial charge on any atom is 0.268 e. The first-order chi connectivity index (χ1) is 18.9. The number of ether oxygens (including phenoxy) is 2. The average molecular weight is 581 g/mol. The van der Waals surface area contributed by atoms with Crippen molar-refractivity contribution in [3.05, 3.63) is 89.1 Å². The van der Waals surface area contributed by atoms with Crippen LogP contribution in [0.5, 0.6) is 11.5 Å². The molecule has 0 spiro atoms. The van der Waals surface area contributed by atoms with E-state index in [9.17, 15) is 13.2 Å². The number of thioether (sulfide) groups is 1. The molecule has 39 heavy (non-hydrogen) atoms. The first-order valence-electron chi connectivity index (χ1n) is 11.9. The van der Waals surface area contributed by atoms with Crippen LogP contribution in [0.15, 0.2) is 83.0 Å². The molecule has 12 heteroatoms. The predicted octanol–water partition coefficient (Wildman–Crippen LogP) is 4.64. The summed E-state index contributed by atoms with van der Waals surface area (Å²) in [5, 5.41) is 3.59. The number of rotatable bonds is 7. The topological polar surface area (TPSA) is 111 Å². The quantitative estimate of drug-likeness (QED) is 0.249. The minimum absolute atomic E-state index is 0.00944. The number of nitrogens with zero attached hydrogens (tertiary/aromatic N) is 3. The summed E-state index contributed by atoms with van der Waals surface area (Å²) >= 11 is 7.42. The SMILES string of the molecule is O=C(CSc1ncc2c(n1)-c1cc(Cl)ccc1N(Cc1ccccc1)S2(=O)=O)NCc1ccc2c(c1)OCO2. The van der Waals surface area contributed by atoms with Crippen LogP contribution in [0.25, 0.3) is 11.3 Å². The van der Waals surface area contributed by atoms with Gasteiger partial charge in [0, 0.05) is 17.1 Å². The highest BCUT2D eigenvalue weighted by Gasteiger charge is 2.37. The third-order valence-electron chi connectivity index (χ3n) is 6.21. The molecule has 1 amide bonds. The molecule has 198 valence electrons. The third-order valence-corrected chi connectivity index (χ3v) is 9.07. The zero-order chi connectivity index (χ0) is 27.0. The van der Waals surface area contributed by atoms with Gasteiger partial charge in [0.25, 0.3) is 10.0 Å². The Kier molecular flexibility index (Phi) is 6.79. The van der Waals surface area contributed by atoms with E-state index in [-0.39, 0.29) is 40.7 Å². The lowest BCUT2D eigenvalue weighted by Gasteiger charge is -2.31. The standard InChI is InChI=1S/C27H21ClN4O5S2/c28-19-7-8-21-20(11-19)26-24(39(34,35)32(21)14-17-4-2-1-3-5-17)13-30-27(31-26)38-15-25(33)29-12-18-6-9-22-23(10-18)37-16-36-22/h1-11,13H,12,14-16H2,(H,29,33). The Morgan fingerprint density at radius 2 is 1.85 bits per heavy atom. The Balaban J connectivity index is 1.20. The number of aromatic nitrogens is 2. The summed E-state index contributed by atoms with van der Waals surface area (Å²) in [6, 6.07) is 19.9. The van der Waals surface area contributed by atoms with Crippen LogP contribution in [0.2, 0.25) is 5.02 Å². The molecule has 3 aromatic carbocycles. The molecule has 6 rings (SSSR count). The highest BCUT2D eigenvalue weighted by atomic mass is 35.5. The second-order valence-electron chi connectivity index (χ2n) is 8.78. The van der Waals surface area contributed by atoms with Gasteiger partial charge in [0.05, 0.1) is 29.9 Å². The van der Waals surface area contributed by atoms with Crippen molar-refractivity contribution in [2.45, 2.75) is 23.1 Å². The number of nitrogens with one attached hydrogen (secondary N) is 1. The van der Waals surface area contributed by atoms with Gasteiger partial charge in [0.2, 0.25) is 12.7 Å². The summed E-state index contributed by atoms with van der Waals surface area (Å²) in [5.74, 6) is 1.16. The molecule has 0 atom stereocenters. The Hall–Kier alpha value is -3.80. The fourth-order valence-electron chi connectivity index (χ4n) is 4.32. The molecule has 0 saturated heterocycles.